The van der Waals surface area contributed by atoms with Gasteiger partial charge in [-0.25, -0.2) is 39.5 Å². The zero-order valence-electron chi connectivity index (χ0n) is 50.0. The van der Waals surface area contributed by atoms with Crippen LogP contribution in [0.3, 0.4) is 0 Å². The van der Waals surface area contributed by atoms with E-state index in [0.29, 0.717) is 0 Å². The van der Waals surface area contributed by atoms with Gasteiger partial charge in [0.05, 0.1) is 19.8 Å². The van der Waals surface area contributed by atoms with Gasteiger partial charge in [0.1, 0.15) is 104 Å². The summed E-state index contributed by atoms with van der Waals surface area (Å²) in [6, 6.07) is -8.77. The highest BCUT2D eigenvalue weighted by atomic mass is 32.3. The summed E-state index contributed by atoms with van der Waals surface area (Å²) in [5.74, 6) is -8.65. The first-order valence-corrected chi connectivity index (χ1v) is 39.5. The molecule has 0 amide bonds. The Morgan fingerprint density at radius 3 is 0.952 bits per heavy atom. The summed E-state index contributed by atoms with van der Waals surface area (Å²) in [6.07, 6.45) is -75.9. The Kier molecular flexibility index (Phi) is 29.1. The number of nitrogens with one attached hydrogen (secondary N) is 3. The minimum atomic E-state index is -6.33. The number of aliphatic carboxylic acids is 3. The van der Waals surface area contributed by atoms with Crippen LogP contribution in [0.5, 0.6) is 0 Å². The topological polar surface area (TPSA) is 936 Å². The summed E-state index contributed by atoms with van der Waals surface area (Å²) < 4.78 is 391. The molecule has 612 valence electrons. The van der Waals surface area contributed by atoms with Crippen molar-refractivity contribution in [1.29, 1.82) is 0 Å². The molecule has 105 heavy (non-hydrogen) atoms. The van der Waals surface area contributed by atoms with Crippen molar-refractivity contribution < 1.29 is 259 Å². The van der Waals surface area contributed by atoms with Gasteiger partial charge in [-0.1, -0.05) is 0 Å². The van der Waals surface area contributed by atoms with Gasteiger partial charge in [0.2, 0.25) is 12.0 Å². The standard InChI is InChI=1S/C36H57N3O57S9/c40-5-1-6(28(46)47)84-34(18(5)94-103(71,72)73)87-20-8(3-81-101(65,66)67)85-32(11(14(20)42)38-98(56,57)58)90-23-17(45)25(96-105(77,78)79)36(93-27(23)30(50)51)89-21-9(4-82-102(68,69)70)86-33(12(15(21)43)39-99(59,60)61)91-22-16(44)24(95-104(74,75)76)35(92-26(22)29(48)49)88-19-7(2-80-100(62,63)64)83-31(52)10(13(19)41)37-97(53,54)55/h1,5,7-27,31-45,52H,2-4H2,(H,46,47)(H,48,49)(H,50,51)(H,53,54,55)(H,56,57,58)(H,59,60,61)(H,62,63,64)(H,65,66,67)(H,68,69,70)(H,71,72,73)(H,74,75,76)(H,77,78,79)/t5-,7+,8+,9+,10+,11+,12+,13+,14+,15+,16-,17-,18+,19+,20+,21+,22-,23-,24+,25+,26+,27+,31-,32+,33+,34-,35+,36+/m0/s1. The van der Waals surface area contributed by atoms with Gasteiger partial charge in [0.25, 0.3) is 0 Å². The van der Waals surface area contributed by atoms with Crippen molar-refractivity contribution in [3.8, 4) is 0 Å². The maximum absolute atomic E-state index is 13.2. The van der Waals surface area contributed by atoms with Crippen molar-refractivity contribution >= 4 is 111 Å². The minimum Gasteiger partial charge on any atom is -0.479 e. The summed E-state index contributed by atoms with van der Waals surface area (Å²) in [7, 11) is -53.4. The molecule has 6 aliphatic rings. The number of carboxylic acids is 3. The molecule has 69 heteroatoms. The molecule has 0 spiro atoms. The number of carboxylic acid groups (broad SMARTS) is 3. The van der Waals surface area contributed by atoms with Crippen LogP contribution in [0.15, 0.2) is 11.8 Å². The Morgan fingerprint density at radius 1 is 0.352 bits per heavy atom. The van der Waals surface area contributed by atoms with Crippen LogP contribution in [-0.2, 0) is 185 Å². The summed E-state index contributed by atoms with van der Waals surface area (Å²) >= 11 is 0. The van der Waals surface area contributed by atoms with E-state index in [1.807, 2.05) is 0 Å². The molecule has 5 fully saturated rings. The summed E-state index contributed by atoms with van der Waals surface area (Å²) in [5.41, 5.74) is 0. The van der Waals surface area contributed by atoms with Crippen LogP contribution in [0, 0.1) is 0 Å². The van der Waals surface area contributed by atoms with Crippen LogP contribution in [0.2, 0.25) is 0 Å². The largest absolute Gasteiger partial charge is 0.479 e. The van der Waals surface area contributed by atoms with E-state index in [0.717, 1.165) is 9.44 Å². The molecule has 0 aromatic rings. The Labute approximate surface area is 585 Å². The lowest BCUT2D eigenvalue weighted by atomic mass is 9.94. The molecule has 0 saturated carbocycles. The predicted octanol–water partition coefficient (Wildman–Crippen LogP) is -15.5. The summed E-state index contributed by atoms with van der Waals surface area (Å²) in [4.78, 5) is 38.0. The Morgan fingerprint density at radius 2 is 0.648 bits per heavy atom. The number of rotatable bonds is 34. The third kappa shape index (κ3) is 26.1. The van der Waals surface area contributed by atoms with Crippen molar-refractivity contribution in [3.05, 3.63) is 11.8 Å². The molecule has 0 bridgehead atoms. The average molecular weight is 1730 g/mol. The molecule has 0 aliphatic carbocycles. The molecule has 5 saturated heterocycles. The SMILES string of the molecule is O=C(O)C1=C[C@H](O)[C@@H](OS(=O)(=O)O)[C@H](O[C@H]2[C@H](O)[C@@H](NS(=O)(=O)O)[C@@H](O[C@H]3[C@H](O)[C@@H](OS(=O)(=O)O)[C@H](O[C@H]4[C@H](O)[C@@H](NS(=O)(=O)O)[C@@H](O[C@H]5[C@H](O)[C@@H](OS(=O)(=O)O)[C@H](O[C@H]6[C@H](O)[C@@H](NS(=O)(=O)O)[C@@H](O)O[C@@H]6COS(=O)(=O)O)O[C@H]5C(=O)O)O[C@@H]4COS(=O)(=O)O)O[C@H]3C(=O)O)O[C@@H]2COS(=O)(=O)O)O1. The van der Waals surface area contributed by atoms with E-state index in [1.165, 1.54) is 4.72 Å². The third-order valence-electron chi connectivity index (χ3n) is 14.1. The van der Waals surface area contributed by atoms with E-state index < -0.39 is 309 Å². The van der Waals surface area contributed by atoms with E-state index in [4.69, 9.17) is 52.1 Å². The monoisotopic (exact) mass is 1730 g/mol. The minimum absolute atomic E-state index is 0.198. The number of aliphatic hydroxyl groups excluding tert-OH is 7. The highest BCUT2D eigenvalue weighted by Crippen LogP contribution is 2.39. The fourth-order valence-corrected chi connectivity index (χ4v) is 14.4. The molecule has 0 aromatic heterocycles. The number of hydrogen-bond donors (Lipinski definition) is 22. The lowest BCUT2D eigenvalue weighted by Gasteiger charge is -2.50. The molecular formula is C36H57N3O57S9. The van der Waals surface area contributed by atoms with Crippen LogP contribution in [-0.4, -0.2) is 377 Å². The van der Waals surface area contributed by atoms with Crippen molar-refractivity contribution in [2.75, 3.05) is 19.8 Å². The van der Waals surface area contributed by atoms with Gasteiger partial charge >= 0.3 is 111 Å². The maximum atomic E-state index is 13.2. The van der Waals surface area contributed by atoms with E-state index in [1.54, 1.807) is 0 Å². The Hall–Kier alpha value is -3.90. The predicted molar refractivity (Wildman–Crippen MR) is 299 cm³/mol. The number of carbonyl (C=O) groups is 3. The lowest BCUT2D eigenvalue weighted by Crippen LogP contribution is -2.71. The van der Waals surface area contributed by atoms with E-state index >= 15 is 0 Å². The highest BCUT2D eigenvalue weighted by molar-refractivity contribution is 7.84. The molecular weight excluding hydrogens is 1670 g/mol. The molecule has 60 nitrogen and oxygen atoms in total. The molecule has 6 aliphatic heterocycles. The molecule has 22 N–H and O–H groups in total. The first-order chi connectivity index (χ1) is 47.5. The van der Waals surface area contributed by atoms with Crippen LogP contribution in [0.25, 0.3) is 0 Å². The van der Waals surface area contributed by atoms with Gasteiger partial charge in [0.15, 0.2) is 62.0 Å². The van der Waals surface area contributed by atoms with E-state index in [9.17, 15) is 182 Å². The van der Waals surface area contributed by atoms with Gasteiger partial charge in [-0.15, -0.1) is 0 Å². The molecule has 0 radical (unpaired) electrons. The van der Waals surface area contributed by atoms with Crippen molar-refractivity contribution in [3.63, 3.8) is 0 Å². The molecule has 0 unspecified atom stereocenters. The molecule has 28 atom stereocenters. The lowest BCUT2D eigenvalue weighted by molar-refractivity contribution is -0.374. The molecule has 6 heterocycles. The second-order valence-electron chi connectivity index (χ2n) is 21.4. The van der Waals surface area contributed by atoms with Gasteiger partial charge in [-0.05, 0) is 6.08 Å². The average Bonchev–Trinajstić information content (AvgIpc) is 0.763. The van der Waals surface area contributed by atoms with Crippen LogP contribution >= 0.6 is 0 Å². The Balaban J connectivity index is 1.41. The summed E-state index contributed by atoms with van der Waals surface area (Å²) in [5, 5.41) is 110. The van der Waals surface area contributed by atoms with Crippen LogP contribution in [0.1, 0.15) is 0 Å². The first kappa shape index (κ1) is 90.0. The number of hydrogen-bond acceptors (Lipinski definition) is 45. The van der Waals surface area contributed by atoms with Crippen LogP contribution < -0.4 is 14.2 Å². The second-order valence-corrected chi connectivity index (χ2v) is 31.4. The van der Waals surface area contributed by atoms with Gasteiger partial charge < -0.3 is 103 Å². The smallest absolute Gasteiger partial charge is 0.397 e. The number of ether oxygens (including phenoxy) is 11. The zero-order valence-corrected chi connectivity index (χ0v) is 57.4. The highest BCUT2D eigenvalue weighted by Gasteiger charge is 2.62. The van der Waals surface area contributed by atoms with Gasteiger partial charge in [0, 0.05) is 0 Å². The normalized spacial score (nSPS) is 38.1. The first-order valence-electron chi connectivity index (χ1n) is 26.9. The number of aliphatic hydroxyl groups is 7. The fraction of sp³-hybridized carbons (Fsp3) is 0.861. The van der Waals surface area contributed by atoms with E-state index in [2.05, 4.69) is 25.1 Å². The molecule has 0 aromatic carbocycles. The van der Waals surface area contributed by atoms with Gasteiger partial charge in [-0.2, -0.15) is 89.9 Å². The molecule has 6 rings (SSSR count). The fourth-order valence-electron chi connectivity index (χ4n) is 10.2. The zero-order chi connectivity index (χ0) is 79.9. The van der Waals surface area contributed by atoms with Crippen molar-refractivity contribution in [1.82, 2.24) is 14.2 Å². The van der Waals surface area contributed by atoms with Crippen molar-refractivity contribution in [2.24, 2.45) is 0 Å². The third-order valence-corrected chi connectivity index (χ3v) is 18.5. The second kappa shape index (κ2) is 34.0. The quantitative estimate of drug-likeness (QED) is 0.0266. The Bertz CT molecular complexity index is 4220. The van der Waals surface area contributed by atoms with Crippen molar-refractivity contribution in [2.45, 2.75) is 172 Å². The van der Waals surface area contributed by atoms with E-state index in [-0.39, 0.29) is 6.08 Å². The van der Waals surface area contributed by atoms with Crippen LogP contribution in [0.4, 0.5) is 0 Å². The van der Waals surface area contributed by atoms with Gasteiger partial charge in [-0.3, -0.25) is 41.0 Å². The summed E-state index contributed by atoms with van der Waals surface area (Å²) in [6.45, 7) is -5.55. The maximum Gasteiger partial charge on any atom is 0.397 e.